The van der Waals surface area contributed by atoms with Crippen LogP contribution in [0.5, 0.6) is 5.75 Å². The van der Waals surface area contributed by atoms with E-state index in [-0.39, 0.29) is 29.0 Å². The molecule has 0 spiro atoms. The number of rotatable bonds is 5. The van der Waals surface area contributed by atoms with Crippen LogP contribution in [-0.2, 0) is 0 Å². The number of anilines is 1. The molecular weight excluding hydrogens is 469 g/mol. The van der Waals surface area contributed by atoms with E-state index in [2.05, 4.69) is 25.5 Å². The lowest BCUT2D eigenvalue weighted by Gasteiger charge is -2.18. The van der Waals surface area contributed by atoms with Gasteiger partial charge in [0.05, 0.1) is 28.3 Å². The maximum Gasteiger partial charge on any atom is 0.405 e. The quantitative estimate of drug-likeness (QED) is 0.333. The monoisotopic (exact) mass is 482 g/mol. The van der Waals surface area contributed by atoms with Gasteiger partial charge in [-0.1, -0.05) is 35.3 Å². The number of benzene rings is 2. The van der Waals surface area contributed by atoms with Crippen molar-refractivity contribution in [3.05, 3.63) is 58.1 Å². The van der Waals surface area contributed by atoms with Gasteiger partial charge in [0.15, 0.2) is 0 Å². The summed E-state index contributed by atoms with van der Waals surface area (Å²) < 4.78 is 29.3. The van der Waals surface area contributed by atoms with Crippen LogP contribution in [0, 0.1) is 11.5 Å². The average Bonchev–Trinajstić information content (AvgIpc) is 3.12. The van der Waals surface area contributed by atoms with Gasteiger partial charge in [0.1, 0.15) is 5.75 Å². The predicted octanol–water partition coefficient (Wildman–Crippen LogP) is 4.20. The van der Waals surface area contributed by atoms with Gasteiger partial charge >= 0.3 is 12.7 Å². The number of nitriles is 1. The lowest BCUT2D eigenvalue weighted by Crippen LogP contribution is -2.43. The van der Waals surface area contributed by atoms with Crippen molar-refractivity contribution in [1.82, 2.24) is 10.3 Å². The third-order valence-electron chi connectivity index (χ3n) is 4.14. The molecule has 0 bridgehead atoms. The Morgan fingerprint density at radius 2 is 2.09 bits per heavy atom. The number of hydrazone groups is 1. The number of halogens is 4. The lowest BCUT2D eigenvalue weighted by molar-refractivity contribution is -0.0498. The first-order chi connectivity index (χ1) is 15.3. The maximum atomic E-state index is 12.5. The van der Waals surface area contributed by atoms with Crippen molar-refractivity contribution in [2.75, 3.05) is 11.9 Å². The molecule has 1 unspecified atom stereocenters. The van der Waals surface area contributed by atoms with Crippen molar-refractivity contribution >= 4 is 46.7 Å². The average molecular weight is 483 g/mol. The van der Waals surface area contributed by atoms with E-state index in [1.165, 1.54) is 35.3 Å². The summed E-state index contributed by atoms with van der Waals surface area (Å²) in [5.41, 5.74) is 1.11. The molecule has 0 saturated carbocycles. The van der Waals surface area contributed by atoms with Gasteiger partial charge in [0, 0.05) is 17.3 Å². The second kappa shape index (κ2) is 10.1. The summed E-state index contributed by atoms with van der Waals surface area (Å²) in [4.78, 5) is 15.0. The van der Waals surface area contributed by atoms with Gasteiger partial charge in [-0.2, -0.15) is 19.1 Å². The molecule has 0 fully saturated rings. The normalized spacial score (nSPS) is 15.9. The number of nitrogens with zero attached hydrogens (tertiary/aromatic N) is 4. The molecule has 9 nitrogen and oxygen atoms in total. The number of carboxylic acid groups (broad SMARTS) is 1. The Morgan fingerprint density at radius 3 is 2.75 bits per heavy atom. The summed E-state index contributed by atoms with van der Waals surface area (Å²) in [6.45, 7) is -3.01. The Morgan fingerprint density at radius 1 is 1.31 bits per heavy atom. The van der Waals surface area contributed by atoms with Crippen molar-refractivity contribution in [2.45, 2.75) is 12.7 Å². The second-order valence-corrected chi connectivity index (χ2v) is 7.08. The van der Waals surface area contributed by atoms with E-state index in [0.717, 1.165) is 0 Å². The molecule has 1 atom stereocenters. The van der Waals surface area contributed by atoms with Crippen molar-refractivity contribution in [1.29, 1.82) is 5.26 Å². The number of hydrogen-bond acceptors (Lipinski definition) is 5. The third-order valence-corrected chi connectivity index (χ3v) is 4.88. The van der Waals surface area contributed by atoms with Crippen molar-refractivity contribution in [3.8, 4) is 11.9 Å². The molecule has 1 aliphatic rings. The molecule has 1 aliphatic heterocycles. The first-order valence-corrected chi connectivity index (χ1v) is 9.62. The van der Waals surface area contributed by atoms with Crippen molar-refractivity contribution < 1.29 is 23.4 Å². The zero-order valence-electron chi connectivity index (χ0n) is 16.0. The van der Waals surface area contributed by atoms with Crippen LogP contribution < -0.4 is 15.4 Å². The number of amides is 1. The molecule has 0 aromatic heterocycles. The number of nitrogens with one attached hydrogen (secondary N) is 2. The molecular formula is C19H14Cl2F2N6O3. The molecule has 32 heavy (non-hydrogen) atoms. The fourth-order valence-electron chi connectivity index (χ4n) is 2.89. The number of carbonyl (C=O) groups is 1. The molecule has 3 N–H and O–H groups in total. The molecule has 2 aromatic rings. The molecule has 13 heteroatoms. The highest BCUT2D eigenvalue weighted by Crippen LogP contribution is 2.26. The van der Waals surface area contributed by atoms with Gasteiger partial charge in [0.2, 0.25) is 12.2 Å². The molecule has 2 aromatic carbocycles. The van der Waals surface area contributed by atoms with Gasteiger partial charge in [-0.05, 0) is 24.3 Å². The first kappa shape index (κ1) is 23.1. The highest BCUT2D eigenvalue weighted by atomic mass is 35.5. The molecule has 0 aliphatic carbocycles. The molecule has 0 saturated heterocycles. The van der Waals surface area contributed by atoms with Gasteiger partial charge in [-0.3, -0.25) is 0 Å². The van der Waals surface area contributed by atoms with E-state index >= 15 is 0 Å². The molecule has 166 valence electrons. The molecule has 1 heterocycles. The van der Waals surface area contributed by atoms with E-state index in [1.807, 2.05) is 0 Å². The highest BCUT2D eigenvalue weighted by Gasteiger charge is 2.32. The Bertz CT molecular complexity index is 1120. The standard InChI is InChI=1S/C19H14Cl2F2N6O3/c20-13-5-4-10(6-14(13)21)16-15(27-19(30)31)8-29(28-16)18(25-9-24)26-11-2-1-3-12(7-11)32-17(22)23/h1-7,15,17,27H,8H2,(H,25,26)(H,30,31). The van der Waals surface area contributed by atoms with Crippen LogP contribution in [0.3, 0.4) is 0 Å². The summed E-state index contributed by atoms with van der Waals surface area (Å²) in [5, 5.41) is 29.6. The summed E-state index contributed by atoms with van der Waals surface area (Å²) in [7, 11) is 0. The molecule has 0 radical (unpaired) electrons. The number of hydrogen-bond donors (Lipinski definition) is 3. The number of ether oxygens (including phenoxy) is 1. The van der Waals surface area contributed by atoms with Gasteiger partial charge in [-0.25, -0.2) is 9.80 Å². The molecule has 1 amide bonds. The Hall–Kier alpha value is -3.62. The summed E-state index contributed by atoms with van der Waals surface area (Å²) >= 11 is 12.0. The van der Waals surface area contributed by atoms with Crippen LogP contribution in [0.25, 0.3) is 0 Å². The van der Waals surface area contributed by atoms with Gasteiger partial charge < -0.3 is 20.5 Å². The van der Waals surface area contributed by atoms with Crippen LogP contribution in [0.1, 0.15) is 5.56 Å². The predicted molar refractivity (Wildman–Crippen MR) is 114 cm³/mol. The van der Waals surface area contributed by atoms with Crippen LogP contribution >= 0.6 is 23.2 Å². The number of aliphatic imine (C=N–C) groups is 1. The number of guanidine groups is 1. The summed E-state index contributed by atoms with van der Waals surface area (Å²) in [6, 6.07) is 9.52. The van der Waals surface area contributed by atoms with Crippen LogP contribution in [0.2, 0.25) is 10.0 Å². The second-order valence-electron chi connectivity index (χ2n) is 6.27. The Kier molecular flexibility index (Phi) is 7.29. The van der Waals surface area contributed by atoms with Crippen molar-refractivity contribution in [2.24, 2.45) is 10.1 Å². The smallest absolute Gasteiger partial charge is 0.405 e. The van der Waals surface area contributed by atoms with Crippen LogP contribution in [0.4, 0.5) is 19.3 Å². The van der Waals surface area contributed by atoms with E-state index in [4.69, 9.17) is 28.5 Å². The maximum absolute atomic E-state index is 12.5. The van der Waals surface area contributed by atoms with Gasteiger partial charge in [-0.15, -0.1) is 4.99 Å². The largest absolute Gasteiger partial charge is 0.465 e. The van der Waals surface area contributed by atoms with Gasteiger partial charge in [0.25, 0.3) is 0 Å². The minimum atomic E-state index is -3.00. The summed E-state index contributed by atoms with van der Waals surface area (Å²) in [6.07, 6.45) is 0.342. The zero-order chi connectivity index (χ0) is 23.3. The topological polar surface area (TPSA) is 122 Å². The first-order valence-electron chi connectivity index (χ1n) is 8.86. The van der Waals surface area contributed by atoms with E-state index in [9.17, 15) is 18.7 Å². The van der Waals surface area contributed by atoms with Crippen molar-refractivity contribution in [3.63, 3.8) is 0 Å². The lowest BCUT2D eigenvalue weighted by atomic mass is 10.0. The Labute approximate surface area is 190 Å². The third kappa shape index (κ3) is 5.75. The molecule has 3 rings (SSSR count). The zero-order valence-corrected chi connectivity index (χ0v) is 17.5. The minimum absolute atomic E-state index is 0.0113. The number of alkyl halides is 2. The summed E-state index contributed by atoms with van der Waals surface area (Å²) in [5.74, 6) is -0.165. The SMILES string of the molecule is N#C/N=C(/Nc1cccc(OC(F)F)c1)N1CC(NC(=O)O)C(c2ccc(Cl)c(Cl)c2)=N1. The minimum Gasteiger partial charge on any atom is -0.465 e. The van der Waals surface area contributed by atoms with E-state index in [1.54, 1.807) is 18.3 Å². The Balaban J connectivity index is 1.91. The van der Waals surface area contributed by atoms with Crippen LogP contribution in [-0.4, -0.2) is 47.1 Å². The fourth-order valence-corrected chi connectivity index (χ4v) is 3.19. The van der Waals surface area contributed by atoms with E-state index < -0.39 is 18.7 Å². The van der Waals surface area contributed by atoms with E-state index in [0.29, 0.717) is 16.3 Å². The van der Waals surface area contributed by atoms with Crippen LogP contribution in [0.15, 0.2) is 52.6 Å². The highest BCUT2D eigenvalue weighted by molar-refractivity contribution is 6.42. The fraction of sp³-hybridized carbons (Fsp3) is 0.158.